The number of benzene rings is 1. The fourth-order valence-electron chi connectivity index (χ4n) is 4.85. The second kappa shape index (κ2) is 10.7. The molecule has 184 valence electrons. The molecule has 2 fully saturated rings. The van der Waals surface area contributed by atoms with E-state index in [-0.39, 0.29) is 0 Å². The van der Waals surface area contributed by atoms with Gasteiger partial charge in [0.25, 0.3) is 0 Å². The Hall–Kier alpha value is -2.33. The van der Waals surface area contributed by atoms with Gasteiger partial charge in [0.1, 0.15) is 17.8 Å². The first-order valence-electron chi connectivity index (χ1n) is 11.2. The van der Waals surface area contributed by atoms with Gasteiger partial charge in [-0.25, -0.2) is 4.79 Å². The lowest BCUT2D eigenvalue weighted by molar-refractivity contribution is -0.188. The Balaban J connectivity index is 1.70. The minimum Gasteiger partial charge on any atom is -0.497 e. The van der Waals surface area contributed by atoms with Crippen LogP contribution >= 0.6 is 0 Å². The molecule has 1 aromatic carbocycles. The average molecular weight is 473 g/mol. The number of carbonyl (C=O) groups is 2. The van der Waals surface area contributed by atoms with Gasteiger partial charge in [-0.1, -0.05) is 31.4 Å². The standard InChI is InChI=1S/C23H31F3N2O5/c1-32-16-10-6-7-14(13-16)11-12-17-18(21(30)33-2)28(20(17)29)22(31)27-19(23(24,25)26)15-8-4-3-5-9-15/h6-7,10,13,15,17-19,21,30H,3-5,8-9,11-12H2,1-2H3,(H,27,31)/t17-,18?,19?,21?/m1/s1. The van der Waals surface area contributed by atoms with Crippen LogP contribution in [0.5, 0.6) is 5.75 Å². The zero-order chi connectivity index (χ0) is 24.2. The van der Waals surface area contributed by atoms with Crippen LogP contribution in [0.15, 0.2) is 24.3 Å². The van der Waals surface area contributed by atoms with E-state index in [0.717, 1.165) is 12.0 Å². The zero-order valence-corrected chi connectivity index (χ0v) is 18.8. The minimum atomic E-state index is -4.63. The number of rotatable bonds is 8. The number of hydrogen-bond donors (Lipinski definition) is 2. The van der Waals surface area contributed by atoms with Crippen LogP contribution in [0.4, 0.5) is 18.0 Å². The number of aliphatic hydroxyl groups is 1. The van der Waals surface area contributed by atoms with Crippen LogP contribution in [0.3, 0.4) is 0 Å². The molecule has 2 aliphatic rings. The Bertz CT molecular complexity index is 829. The molecule has 3 unspecified atom stereocenters. The monoisotopic (exact) mass is 472 g/mol. The van der Waals surface area contributed by atoms with Crippen molar-refractivity contribution in [2.75, 3.05) is 14.2 Å². The van der Waals surface area contributed by atoms with Crippen molar-refractivity contribution < 1.29 is 37.3 Å². The number of halogens is 3. The highest BCUT2D eigenvalue weighted by Gasteiger charge is 2.55. The van der Waals surface area contributed by atoms with Gasteiger partial charge in [-0.3, -0.25) is 9.69 Å². The van der Waals surface area contributed by atoms with Gasteiger partial charge in [0.05, 0.1) is 13.0 Å². The van der Waals surface area contributed by atoms with Crippen LogP contribution in [-0.2, 0) is 16.0 Å². The summed E-state index contributed by atoms with van der Waals surface area (Å²) in [4.78, 5) is 26.2. The summed E-state index contributed by atoms with van der Waals surface area (Å²) < 4.78 is 51.3. The smallest absolute Gasteiger partial charge is 0.408 e. The molecule has 4 atom stereocenters. The first kappa shape index (κ1) is 25.3. The van der Waals surface area contributed by atoms with Crippen LogP contribution in [-0.4, -0.2) is 60.7 Å². The summed E-state index contributed by atoms with van der Waals surface area (Å²) in [6.07, 6.45) is -2.42. The number of likely N-dealkylation sites (tertiary alicyclic amines) is 1. The lowest BCUT2D eigenvalue weighted by atomic mass is 9.81. The molecule has 3 rings (SSSR count). The van der Waals surface area contributed by atoms with E-state index < -0.39 is 48.3 Å². The Kier molecular flexibility index (Phi) is 8.23. The van der Waals surface area contributed by atoms with E-state index in [1.807, 2.05) is 17.4 Å². The van der Waals surface area contributed by atoms with E-state index >= 15 is 0 Å². The summed E-state index contributed by atoms with van der Waals surface area (Å²) in [5, 5.41) is 12.3. The van der Waals surface area contributed by atoms with E-state index in [9.17, 15) is 27.9 Å². The maximum Gasteiger partial charge on any atom is 0.408 e. The number of alkyl halides is 3. The summed E-state index contributed by atoms with van der Waals surface area (Å²) in [6, 6.07) is 3.02. The van der Waals surface area contributed by atoms with Crippen molar-refractivity contribution in [3.63, 3.8) is 0 Å². The van der Waals surface area contributed by atoms with Gasteiger partial charge in [-0.2, -0.15) is 13.2 Å². The molecule has 1 aromatic rings. The van der Waals surface area contributed by atoms with Gasteiger partial charge in [0.2, 0.25) is 5.91 Å². The van der Waals surface area contributed by atoms with E-state index in [4.69, 9.17) is 9.47 Å². The molecule has 0 aromatic heterocycles. The van der Waals surface area contributed by atoms with Gasteiger partial charge < -0.3 is 19.9 Å². The third kappa shape index (κ3) is 5.78. The van der Waals surface area contributed by atoms with E-state index in [1.165, 1.54) is 14.2 Å². The quantitative estimate of drug-likeness (QED) is 0.446. The second-order valence-electron chi connectivity index (χ2n) is 8.69. The maximum absolute atomic E-state index is 13.7. The number of carbonyl (C=O) groups excluding carboxylic acids is 2. The van der Waals surface area contributed by atoms with E-state index in [0.29, 0.717) is 49.2 Å². The van der Waals surface area contributed by atoms with Gasteiger partial charge in [0.15, 0.2) is 6.29 Å². The van der Waals surface area contributed by atoms with Crippen molar-refractivity contribution in [1.82, 2.24) is 10.2 Å². The SMILES string of the molecule is COc1cccc(CC[C@H]2C(=O)N(C(=O)NC(C3CCCCC3)C(F)(F)F)C2C(O)OC)c1. The largest absolute Gasteiger partial charge is 0.497 e. The number of nitrogens with one attached hydrogen (secondary N) is 1. The molecule has 1 saturated heterocycles. The fourth-order valence-corrected chi connectivity index (χ4v) is 4.85. The summed E-state index contributed by atoms with van der Waals surface area (Å²) in [5.74, 6) is -1.45. The molecule has 0 radical (unpaired) electrons. The summed E-state index contributed by atoms with van der Waals surface area (Å²) >= 11 is 0. The highest BCUT2D eigenvalue weighted by atomic mass is 19.4. The molecule has 1 saturated carbocycles. The van der Waals surface area contributed by atoms with Gasteiger partial charge >= 0.3 is 12.2 Å². The van der Waals surface area contributed by atoms with Crippen molar-refractivity contribution in [2.45, 2.75) is 69.5 Å². The number of aryl methyl sites for hydroxylation is 1. The van der Waals surface area contributed by atoms with Gasteiger partial charge in [-0.15, -0.1) is 0 Å². The Labute approximate surface area is 191 Å². The highest BCUT2D eigenvalue weighted by molar-refractivity contribution is 6.01. The Morgan fingerprint density at radius 1 is 1.24 bits per heavy atom. The van der Waals surface area contributed by atoms with E-state index in [2.05, 4.69) is 0 Å². The molecule has 10 heteroatoms. The summed E-state index contributed by atoms with van der Waals surface area (Å²) in [6.45, 7) is 0. The number of hydrogen-bond acceptors (Lipinski definition) is 5. The van der Waals surface area contributed by atoms with Crippen molar-refractivity contribution in [1.29, 1.82) is 0 Å². The summed E-state index contributed by atoms with van der Waals surface area (Å²) in [7, 11) is 2.75. The lowest BCUT2D eigenvalue weighted by Crippen LogP contribution is -2.70. The highest BCUT2D eigenvalue weighted by Crippen LogP contribution is 2.37. The Morgan fingerprint density at radius 2 is 1.94 bits per heavy atom. The van der Waals surface area contributed by atoms with Crippen molar-refractivity contribution in [2.24, 2.45) is 11.8 Å². The van der Waals surface area contributed by atoms with E-state index in [1.54, 1.807) is 12.1 Å². The second-order valence-corrected chi connectivity index (χ2v) is 8.69. The third-order valence-electron chi connectivity index (χ3n) is 6.65. The number of urea groups is 1. The maximum atomic E-state index is 13.7. The Morgan fingerprint density at radius 3 is 2.55 bits per heavy atom. The lowest BCUT2D eigenvalue weighted by Gasteiger charge is -2.47. The average Bonchev–Trinajstić information content (AvgIpc) is 2.80. The molecular formula is C23H31F3N2O5. The fraction of sp³-hybridized carbons (Fsp3) is 0.652. The molecule has 33 heavy (non-hydrogen) atoms. The molecule has 0 spiro atoms. The minimum absolute atomic E-state index is 0.298. The number of β-lactam (4-membered cyclic amide) rings is 1. The molecule has 1 aliphatic heterocycles. The molecular weight excluding hydrogens is 441 g/mol. The number of imide groups is 1. The third-order valence-corrected chi connectivity index (χ3v) is 6.65. The molecule has 3 amide bonds. The van der Waals surface area contributed by atoms with Crippen LogP contribution in [0, 0.1) is 11.8 Å². The first-order chi connectivity index (χ1) is 15.7. The molecule has 7 nitrogen and oxygen atoms in total. The summed E-state index contributed by atoms with van der Waals surface area (Å²) in [5.41, 5.74) is 0.894. The molecule has 0 bridgehead atoms. The number of methoxy groups -OCH3 is 2. The zero-order valence-electron chi connectivity index (χ0n) is 18.8. The number of amides is 3. The predicted molar refractivity (Wildman–Crippen MR) is 113 cm³/mol. The first-order valence-corrected chi connectivity index (χ1v) is 11.2. The normalized spacial score (nSPS) is 23.6. The molecule has 1 heterocycles. The van der Waals surface area contributed by atoms with Gasteiger partial charge in [-0.05, 0) is 49.3 Å². The van der Waals surface area contributed by atoms with Crippen LogP contribution in [0.25, 0.3) is 0 Å². The van der Waals surface area contributed by atoms with Crippen molar-refractivity contribution >= 4 is 11.9 Å². The number of aliphatic hydroxyl groups excluding tert-OH is 1. The predicted octanol–water partition coefficient (Wildman–Crippen LogP) is 3.64. The van der Waals surface area contributed by atoms with Crippen LogP contribution in [0.2, 0.25) is 0 Å². The van der Waals surface area contributed by atoms with Gasteiger partial charge in [0, 0.05) is 7.11 Å². The topological polar surface area (TPSA) is 88.1 Å². The molecule has 2 N–H and O–H groups in total. The molecule has 1 aliphatic carbocycles. The number of ether oxygens (including phenoxy) is 2. The number of nitrogens with zero attached hydrogens (tertiary/aromatic N) is 1. The van der Waals surface area contributed by atoms with Crippen LogP contribution in [0.1, 0.15) is 44.1 Å². The van der Waals surface area contributed by atoms with Crippen molar-refractivity contribution in [3.8, 4) is 5.75 Å². The van der Waals surface area contributed by atoms with Crippen molar-refractivity contribution in [3.05, 3.63) is 29.8 Å². The van der Waals surface area contributed by atoms with Crippen LogP contribution < -0.4 is 10.1 Å².